The van der Waals surface area contributed by atoms with E-state index in [4.69, 9.17) is 21.4 Å². The third-order valence-corrected chi connectivity index (χ3v) is 2.69. The zero-order chi connectivity index (χ0) is 12.8. The molecule has 0 saturated carbocycles. The number of hydrogen-bond donors (Lipinski definition) is 2. The van der Waals surface area contributed by atoms with Crippen LogP contribution in [0.2, 0.25) is 5.02 Å². The molecule has 5 heteroatoms. The molecule has 0 radical (unpaired) electrons. The van der Waals surface area contributed by atoms with Gasteiger partial charge in [-0.15, -0.1) is 0 Å². The second-order valence-electron chi connectivity index (χ2n) is 3.61. The number of aliphatic hydroxyl groups is 1. The second-order valence-corrected chi connectivity index (χ2v) is 4.04. The number of hydrogen-bond acceptors (Lipinski definition) is 3. The van der Waals surface area contributed by atoms with Crippen molar-refractivity contribution in [2.75, 3.05) is 13.7 Å². The molecular formula is C12H16ClNO3. The van der Waals surface area contributed by atoms with Gasteiger partial charge in [0.25, 0.3) is 5.91 Å². The zero-order valence-corrected chi connectivity index (χ0v) is 10.6. The number of aliphatic hydroxyl groups excluding tert-OH is 1. The van der Waals surface area contributed by atoms with Crippen LogP contribution in [0.4, 0.5) is 0 Å². The number of ether oxygens (including phenoxy) is 1. The molecule has 0 heterocycles. The Balaban J connectivity index is 2.90. The van der Waals surface area contributed by atoms with E-state index >= 15 is 0 Å². The molecule has 0 fully saturated rings. The largest absolute Gasteiger partial charge is 0.496 e. The summed E-state index contributed by atoms with van der Waals surface area (Å²) in [6.07, 6.45) is 0.658. The first-order valence-electron chi connectivity index (χ1n) is 5.37. The highest BCUT2D eigenvalue weighted by atomic mass is 35.5. The van der Waals surface area contributed by atoms with Crippen molar-refractivity contribution in [3.63, 3.8) is 0 Å². The van der Waals surface area contributed by atoms with Crippen LogP contribution >= 0.6 is 11.6 Å². The third-order valence-electron chi connectivity index (χ3n) is 2.45. The Morgan fingerprint density at radius 2 is 2.29 bits per heavy atom. The lowest BCUT2D eigenvalue weighted by molar-refractivity contribution is 0.0912. The molecule has 1 amide bonds. The van der Waals surface area contributed by atoms with E-state index in [1.807, 2.05) is 6.92 Å². The highest BCUT2D eigenvalue weighted by Crippen LogP contribution is 2.22. The Morgan fingerprint density at radius 3 is 2.82 bits per heavy atom. The Morgan fingerprint density at radius 1 is 1.59 bits per heavy atom. The number of halogens is 1. The van der Waals surface area contributed by atoms with E-state index in [1.165, 1.54) is 7.11 Å². The summed E-state index contributed by atoms with van der Waals surface area (Å²) >= 11 is 5.84. The van der Waals surface area contributed by atoms with Gasteiger partial charge in [0.1, 0.15) is 5.75 Å². The molecule has 0 aliphatic heterocycles. The van der Waals surface area contributed by atoms with Crippen LogP contribution in [0.1, 0.15) is 23.7 Å². The molecule has 1 aromatic carbocycles. The topological polar surface area (TPSA) is 58.6 Å². The standard InChI is InChI=1S/C12H16ClNO3/c1-3-9(7-15)14-12(16)10-6-8(13)4-5-11(10)17-2/h4-6,9,15H,3,7H2,1-2H3,(H,14,16)/t9-/m0/s1. The van der Waals surface area contributed by atoms with Gasteiger partial charge in [-0.1, -0.05) is 18.5 Å². The number of nitrogens with one attached hydrogen (secondary N) is 1. The number of benzene rings is 1. The number of methoxy groups -OCH3 is 1. The molecule has 0 aromatic heterocycles. The Bertz CT molecular complexity index is 391. The fourth-order valence-corrected chi connectivity index (χ4v) is 1.57. The van der Waals surface area contributed by atoms with E-state index in [0.717, 1.165) is 0 Å². The Kier molecular flexibility index (Phi) is 5.25. The molecular weight excluding hydrogens is 242 g/mol. The minimum Gasteiger partial charge on any atom is -0.496 e. The van der Waals surface area contributed by atoms with Crippen molar-refractivity contribution < 1.29 is 14.6 Å². The van der Waals surface area contributed by atoms with Crippen LogP contribution in [-0.2, 0) is 0 Å². The minimum absolute atomic E-state index is 0.0921. The van der Waals surface area contributed by atoms with Crippen molar-refractivity contribution in [1.29, 1.82) is 0 Å². The van der Waals surface area contributed by atoms with Gasteiger partial charge in [-0.25, -0.2) is 0 Å². The number of carbonyl (C=O) groups is 1. The third kappa shape index (κ3) is 3.61. The molecule has 0 unspecified atom stereocenters. The van der Waals surface area contributed by atoms with Crippen LogP contribution in [0.25, 0.3) is 0 Å². The van der Waals surface area contributed by atoms with Crippen LogP contribution in [0.5, 0.6) is 5.75 Å². The Hall–Kier alpha value is -1.26. The van der Waals surface area contributed by atoms with Gasteiger partial charge in [-0.3, -0.25) is 4.79 Å². The second kappa shape index (κ2) is 6.47. The minimum atomic E-state index is -0.301. The molecule has 0 bridgehead atoms. The summed E-state index contributed by atoms with van der Waals surface area (Å²) < 4.78 is 5.09. The van der Waals surface area contributed by atoms with Crippen LogP contribution in [0, 0.1) is 0 Å². The molecule has 94 valence electrons. The summed E-state index contributed by atoms with van der Waals surface area (Å²) in [5.74, 6) is 0.157. The summed E-state index contributed by atoms with van der Waals surface area (Å²) in [5, 5.41) is 12.2. The lowest BCUT2D eigenvalue weighted by atomic mass is 10.1. The SMILES string of the molecule is CC[C@@H](CO)NC(=O)c1cc(Cl)ccc1OC. The van der Waals surface area contributed by atoms with E-state index < -0.39 is 0 Å². The molecule has 0 spiro atoms. The summed E-state index contributed by atoms with van der Waals surface area (Å²) in [4.78, 5) is 11.9. The summed E-state index contributed by atoms with van der Waals surface area (Å²) in [6, 6.07) is 4.57. The first-order chi connectivity index (χ1) is 8.12. The maximum Gasteiger partial charge on any atom is 0.255 e. The summed E-state index contributed by atoms with van der Waals surface area (Å²) in [5.41, 5.74) is 0.368. The van der Waals surface area contributed by atoms with Crippen molar-refractivity contribution in [2.45, 2.75) is 19.4 Å². The normalized spacial score (nSPS) is 12.0. The van der Waals surface area contributed by atoms with Gasteiger partial charge >= 0.3 is 0 Å². The van der Waals surface area contributed by atoms with E-state index in [-0.39, 0.29) is 18.6 Å². The number of carbonyl (C=O) groups excluding carboxylic acids is 1. The predicted octanol–water partition coefficient (Wildman–Crippen LogP) is 1.85. The average Bonchev–Trinajstić information content (AvgIpc) is 2.35. The van der Waals surface area contributed by atoms with Crippen LogP contribution in [0.15, 0.2) is 18.2 Å². The van der Waals surface area contributed by atoms with Crippen LogP contribution in [-0.4, -0.2) is 30.8 Å². The van der Waals surface area contributed by atoms with E-state index in [2.05, 4.69) is 5.32 Å². The van der Waals surface area contributed by atoms with E-state index in [1.54, 1.807) is 18.2 Å². The average molecular weight is 258 g/mol. The molecule has 1 rings (SSSR count). The fraction of sp³-hybridized carbons (Fsp3) is 0.417. The van der Waals surface area contributed by atoms with Crippen molar-refractivity contribution in [3.05, 3.63) is 28.8 Å². The molecule has 17 heavy (non-hydrogen) atoms. The number of amides is 1. The molecule has 0 aliphatic carbocycles. The molecule has 0 saturated heterocycles. The fourth-order valence-electron chi connectivity index (χ4n) is 1.40. The van der Waals surface area contributed by atoms with Gasteiger partial charge in [0.15, 0.2) is 0 Å². The van der Waals surface area contributed by atoms with Gasteiger partial charge in [-0.2, -0.15) is 0 Å². The van der Waals surface area contributed by atoms with Crippen molar-refractivity contribution in [3.8, 4) is 5.75 Å². The van der Waals surface area contributed by atoms with Gasteiger partial charge in [0.05, 0.1) is 25.3 Å². The quantitative estimate of drug-likeness (QED) is 0.846. The van der Waals surface area contributed by atoms with Crippen LogP contribution < -0.4 is 10.1 Å². The van der Waals surface area contributed by atoms with Gasteiger partial charge < -0.3 is 15.2 Å². The molecule has 0 aliphatic rings. The molecule has 2 N–H and O–H groups in total. The Labute approximate surface area is 106 Å². The first-order valence-corrected chi connectivity index (χ1v) is 5.75. The highest BCUT2D eigenvalue weighted by molar-refractivity contribution is 6.31. The zero-order valence-electron chi connectivity index (χ0n) is 9.87. The maximum absolute atomic E-state index is 11.9. The molecule has 1 aromatic rings. The lowest BCUT2D eigenvalue weighted by Crippen LogP contribution is -2.37. The van der Waals surface area contributed by atoms with Crippen molar-refractivity contribution in [2.24, 2.45) is 0 Å². The first kappa shape index (κ1) is 13.8. The van der Waals surface area contributed by atoms with Crippen molar-refractivity contribution in [1.82, 2.24) is 5.32 Å². The number of rotatable bonds is 5. The molecule has 4 nitrogen and oxygen atoms in total. The van der Waals surface area contributed by atoms with Crippen molar-refractivity contribution >= 4 is 17.5 Å². The van der Waals surface area contributed by atoms with Gasteiger partial charge in [0.2, 0.25) is 0 Å². The summed E-state index contributed by atoms with van der Waals surface area (Å²) in [7, 11) is 1.49. The smallest absolute Gasteiger partial charge is 0.255 e. The van der Waals surface area contributed by atoms with E-state index in [0.29, 0.717) is 22.8 Å². The van der Waals surface area contributed by atoms with Gasteiger partial charge in [0, 0.05) is 5.02 Å². The van der Waals surface area contributed by atoms with Gasteiger partial charge in [-0.05, 0) is 24.6 Å². The lowest BCUT2D eigenvalue weighted by Gasteiger charge is -2.15. The monoisotopic (exact) mass is 257 g/mol. The van der Waals surface area contributed by atoms with E-state index in [9.17, 15) is 4.79 Å². The van der Waals surface area contributed by atoms with Crippen LogP contribution in [0.3, 0.4) is 0 Å². The maximum atomic E-state index is 11.9. The summed E-state index contributed by atoms with van der Waals surface area (Å²) in [6.45, 7) is 1.79. The predicted molar refractivity (Wildman–Crippen MR) is 66.6 cm³/mol. The highest BCUT2D eigenvalue weighted by Gasteiger charge is 2.15. The molecule has 1 atom stereocenters.